The summed E-state index contributed by atoms with van der Waals surface area (Å²) in [7, 11) is 1.41. The van der Waals surface area contributed by atoms with Gasteiger partial charge in [0.15, 0.2) is 11.6 Å². The van der Waals surface area contributed by atoms with Crippen LogP contribution < -0.4 is 10.1 Å². The second kappa shape index (κ2) is 9.04. The van der Waals surface area contributed by atoms with E-state index in [2.05, 4.69) is 15.5 Å². The van der Waals surface area contributed by atoms with Crippen LogP contribution in [0.15, 0.2) is 57.6 Å². The standard InChI is InChI=1S/C23H23FN4O3S/c1-5-28-13(2)19(20(25-23(28)29)14-6-9-16(32-4)10-7-14)22-26-21(27-31-22)15-8-11-18(30-3)17(24)12-15/h6-12,20H,5H2,1-4H3,(H,25,29). The Balaban J connectivity index is 1.78. The van der Waals surface area contributed by atoms with E-state index >= 15 is 0 Å². The SMILES string of the molecule is CCN1C(=O)NC(c2ccc(SC)cc2)C(c2nc(-c3ccc(OC)c(F)c3)no2)=C1C. The Kier molecular flexibility index (Phi) is 6.18. The number of nitrogens with zero attached hydrogens (tertiary/aromatic N) is 3. The van der Waals surface area contributed by atoms with Crippen LogP contribution >= 0.6 is 11.8 Å². The number of carbonyl (C=O) groups excluding carboxylic acids is 1. The van der Waals surface area contributed by atoms with Crippen LogP contribution in [0.5, 0.6) is 5.75 Å². The molecule has 7 nitrogen and oxygen atoms in total. The van der Waals surface area contributed by atoms with Crippen molar-refractivity contribution in [1.82, 2.24) is 20.4 Å². The number of hydrogen-bond donors (Lipinski definition) is 1. The maximum atomic E-state index is 14.2. The number of rotatable bonds is 6. The summed E-state index contributed by atoms with van der Waals surface area (Å²) in [5.41, 5.74) is 2.79. The van der Waals surface area contributed by atoms with Crippen LogP contribution in [0.25, 0.3) is 17.0 Å². The molecule has 9 heteroatoms. The summed E-state index contributed by atoms with van der Waals surface area (Å²) in [5, 5.41) is 7.10. The summed E-state index contributed by atoms with van der Waals surface area (Å²) in [6.45, 7) is 4.25. The van der Waals surface area contributed by atoms with Gasteiger partial charge in [0.25, 0.3) is 5.89 Å². The van der Waals surface area contributed by atoms with Crippen LogP contribution in [0.3, 0.4) is 0 Å². The van der Waals surface area contributed by atoms with E-state index in [1.54, 1.807) is 22.7 Å². The summed E-state index contributed by atoms with van der Waals surface area (Å²) in [6, 6.07) is 11.8. The highest BCUT2D eigenvalue weighted by Crippen LogP contribution is 2.37. The fourth-order valence-corrected chi connectivity index (χ4v) is 4.15. The second-order valence-electron chi connectivity index (χ2n) is 7.17. The molecule has 1 aliphatic rings. The van der Waals surface area contributed by atoms with Crippen LogP contribution in [0, 0.1) is 5.82 Å². The average Bonchev–Trinajstić information content (AvgIpc) is 3.28. The third-order valence-corrected chi connectivity index (χ3v) is 6.17. The number of halogens is 1. The summed E-state index contributed by atoms with van der Waals surface area (Å²) in [6.07, 6.45) is 2.01. The third kappa shape index (κ3) is 3.95. The molecule has 1 aromatic heterocycles. The quantitative estimate of drug-likeness (QED) is 0.521. The minimum Gasteiger partial charge on any atom is -0.494 e. The molecule has 2 heterocycles. The molecule has 2 amide bonds. The number of ether oxygens (including phenoxy) is 1. The topological polar surface area (TPSA) is 80.5 Å². The minimum absolute atomic E-state index is 0.137. The molecule has 0 saturated carbocycles. The van der Waals surface area contributed by atoms with Crippen LogP contribution in [-0.2, 0) is 0 Å². The van der Waals surface area contributed by atoms with Gasteiger partial charge in [0.05, 0.1) is 18.7 Å². The predicted octanol–water partition coefficient (Wildman–Crippen LogP) is 5.12. The number of allylic oxidation sites excluding steroid dienone is 1. The maximum absolute atomic E-state index is 14.2. The zero-order valence-electron chi connectivity index (χ0n) is 18.2. The Hall–Kier alpha value is -3.33. The number of amides is 2. The van der Waals surface area contributed by atoms with Gasteiger partial charge in [0.2, 0.25) is 5.82 Å². The van der Waals surface area contributed by atoms with Crippen LogP contribution in [-0.4, -0.2) is 41.0 Å². The Bertz CT molecular complexity index is 1180. The molecular weight excluding hydrogens is 431 g/mol. The maximum Gasteiger partial charge on any atom is 0.322 e. The molecule has 0 spiro atoms. The Morgan fingerprint density at radius 1 is 1.25 bits per heavy atom. The molecular formula is C23H23FN4O3S. The number of nitrogens with one attached hydrogen (secondary N) is 1. The van der Waals surface area contributed by atoms with Gasteiger partial charge in [0, 0.05) is 22.7 Å². The van der Waals surface area contributed by atoms with Crippen LogP contribution in [0.4, 0.5) is 9.18 Å². The molecule has 1 atom stereocenters. The van der Waals surface area contributed by atoms with Crippen molar-refractivity contribution in [2.45, 2.75) is 24.8 Å². The lowest BCUT2D eigenvalue weighted by molar-refractivity contribution is 0.207. The van der Waals surface area contributed by atoms with Gasteiger partial charge in [-0.15, -0.1) is 11.8 Å². The first-order chi connectivity index (χ1) is 15.5. The number of thioether (sulfide) groups is 1. The summed E-state index contributed by atoms with van der Waals surface area (Å²) in [4.78, 5) is 20.0. The van der Waals surface area contributed by atoms with E-state index in [0.717, 1.165) is 16.2 Å². The number of carbonyl (C=O) groups is 1. The predicted molar refractivity (Wildman–Crippen MR) is 121 cm³/mol. The van der Waals surface area contributed by atoms with Crippen molar-refractivity contribution in [3.8, 4) is 17.1 Å². The molecule has 1 unspecified atom stereocenters. The lowest BCUT2D eigenvalue weighted by atomic mass is 9.95. The molecule has 0 radical (unpaired) electrons. The van der Waals surface area contributed by atoms with Gasteiger partial charge in [0.1, 0.15) is 0 Å². The monoisotopic (exact) mass is 454 g/mol. The summed E-state index contributed by atoms with van der Waals surface area (Å²) in [5.74, 6) is 0.142. The van der Waals surface area contributed by atoms with Gasteiger partial charge in [-0.25, -0.2) is 9.18 Å². The molecule has 1 N–H and O–H groups in total. The molecule has 166 valence electrons. The van der Waals surface area contributed by atoms with E-state index in [0.29, 0.717) is 17.7 Å². The molecule has 0 aliphatic carbocycles. The summed E-state index contributed by atoms with van der Waals surface area (Å²) >= 11 is 1.64. The highest BCUT2D eigenvalue weighted by molar-refractivity contribution is 7.98. The highest BCUT2D eigenvalue weighted by atomic mass is 32.2. The molecule has 0 bridgehead atoms. The zero-order valence-corrected chi connectivity index (χ0v) is 19.0. The van der Waals surface area contributed by atoms with Crippen molar-refractivity contribution >= 4 is 23.4 Å². The van der Waals surface area contributed by atoms with E-state index in [-0.39, 0.29) is 23.5 Å². The van der Waals surface area contributed by atoms with Crippen LogP contribution in [0.2, 0.25) is 0 Å². The lowest BCUT2D eigenvalue weighted by Gasteiger charge is -2.34. The van der Waals surface area contributed by atoms with E-state index in [1.807, 2.05) is 44.4 Å². The number of benzene rings is 2. The van der Waals surface area contributed by atoms with Crippen molar-refractivity contribution in [1.29, 1.82) is 0 Å². The minimum atomic E-state index is -0.513. The fourth-order valence-electron chi connectivity index (χ4n) is 3.74. The Morgan fingerprint density at radius 3 is 2.62 bits per heavy atom. The van der Waals surface area contributed by atoms with E-state index in [9.17, 15) is 9.18 Å². The van der Waals surface area contributed by atoms with E-state index in [4.69, 9.17) is 9.26 Å². The first-order valence-corrected chi connectivity index (χ1v) is 11.3. The average molecular weight is 455 g/mol. The normalized spacial score (nSPS) is 16.3. The van der Waals surface area contributed by atoms with Crippen molar-refractivity contribution < 1.29 is 18.4 Å². The van der Waals surface area contributed by atoms with Gasteiger partial charge in [-0.1, -0.05) is 17.3 Å². The van der Waals surface area contributed by atoms with Crippen molar-refractivity contribution in [2.75, 3.05) is 19.9 Å². The van der Waals surface area contributed by atoms with Crippen molar-refractivity contribution in [3.63, 3.8) is 0 Å². The molecule has 1 aliphatic heterocycles. The number of urea groups is 1. The number of hydrogen-bond acceptors (Lipinski definition) is 6. The molecule has 4 rings (SSSR count). The van der Waals surface area contributed by atoms with Gasteiger partial charge in [-0.3, -0.25) is 4.90 Å². The summed E-state index contributed by atoms with van der Waals surface area (Å²) < 4.78 is 24.7. The Labute approximate surface area is 189 Å². The second-order valence-corrected chi connectivity index (χ2v) is 8.05. The largest absolute Gasteiger partial charge is 0.494 e. The molecule has 0 fully saturated rings. The highest BCUT2D eigenvalue weighted by Gasteiger charge is 2.35. The van der Waals surface area contributed by atoms with E-state index in [1.165, 1.54) is 19.2 Å². The van der Waals surface area contributed by atoms with Crippen molar-refractivity contribution in [3.05, 3.63) is 65.4 Å². The zero-order chi connectivity index (χ0) is 22.8. The first-order valence-electron chi connectivity index (χ1n) is 10.1. The van der Waals surface area contributed by atoms with Crippen molar-refractivity contribution in [2.24, 2.45) is 0 Å². The number of aromatic nitrogens is 2. The number of methoxy groups -OCH3 is 1. The van der Waals surface area contributed by atoms with Gasteiger partial charge >= 0.3 is 6.03 Å². The lowest BCUT2D eigenvalue weighted by Crippen LogP contribution is -2.45. The molecule has 32 heavy (non-hydrogen) atoms. The fraction of sp³-hybridized carbons (Fsp3) is 0.261. The van der Waals surface area contributed by atoms with Gasteiger partial charge in [-0.2, -0.15) is 4.98 Å². The third-order valence-electron chi connectivity index (χ3n) is 5.43. The molecule has 2 aromatic carbocycles. The van der Waals surface area contributed by atoms with Crippen LogP contribution in [0.1, 0.15) is 31.3 Å². The Morgan fingerprint density at radius 2 is 2.00 bits per heavy atom. The molecule has 3 aromatic rings. The smallest absolute Gasteiger partial charge is 0.322 e. The first kappa shape index (κ1) is 21.9. The molecule has 0 saturated heterocycles. The van der Waals surface area contributed by atoms with Gasteiger partial charge in [-0.05, 0) is 56.0 Å². The van der Waals surface area contributed by atoms with Gasteiger partial charge < -0.3 is 14.6 Å². The van der Waals surface area contributed by atoms with E-state index < -0.39 is 11.9 Å².